The molecule has 0 N–H and O–H groups in total. The van der Waals surface area contributed by atoms with Crippen LogP contribution in [0.3, 0.4) is 0 Å². The van der Waals surface area contributed by atoms with Gasteiger partial charge in [-0.25, -0.2) is 12.8 Å². The van der Waals surface area contributed by atoms with Crippen LogP contribution in [0, 0.1) is 5.82 Å². The number of rotatable bonds is 5. The predicted octanol–water partition coefficient (Wildman–Crippen LogP) is 0.0152. The van der Waals surface area contributed by atoms with Crippen molar-refractivity contribution in [3.8, 4) is 0 Å². The number of carbonyl (C=O) groups excluding carboxylic acids is 2. The molecule has 1 saturated heterocycles. The molecule has 0 atom stereocenters. The molecule has 24 heavy (non-hydrogen) atoms. The van der Waals surface area contributed by atoms with Crippen LogP contribution in [-0.4, -0.2) is 68.5 Å². The Hall–Kier alpha value is -2.00. The van der Waals surface area contributed by atoms with E-state index in [1.54, 1.807) is 6.07 Å². The normalized spacial score (nSPS) is 16.0. The highest BCUT2D eigenvalue weighted by Crippen LogP contribution is 2.09. The maximum Gasteiger partial charge on any atom is 0.310 e. The number of carbonyl (C=O) groups is 2. The van der Waals surface area contributed by atoms with Gasteiger partial charge >= 0.3 is 5.97 Å². The number of sulfonamides is 1. The third-order valence-electron chi connectivity index (χ3n) is 3.71. The zero-order valence-electron chi connectivity index (χ0n) is 13.3. The van der Waals surface area contributed by atoms with Crippen molar-refractivity contribution in [1.29, 1.82) is 0 Å². The molecule has 0 bridgehead atoms. The molecule has 7 nitrogen and oxygen atoms in total. The van der Waals surface area contributed by atoms with Crippen LogP contribution in [0.5, 0.6) is 0 Å². The molecule has 132 valence electrons. The summed E-state index contributed by atoms with van der Waals surface area (Å²) in [7, 11) is -3.26. The molecule has 9 heteroatoms. The third kappa shape index (κ3) is 5.00. The van der Waals surface area contributed by atoms with Gasteiger partial charge in [0.25, 0.3) is 5.91 Å². The zero-order valence-corrected chi connectivity index (χ0v) is 14.1. The highest BCUT2D eigenvalue weighted by Gasteiger charge is 2.26. The lowest BCUT2D eigenvalue weighted by atomic mass is 10.1. The maximum atomic E-state index is 13.4. The van der Waals surface area contributed by atoms with Gasteiger partial charge in [-0.1, -0.05) is 18.2 Å². The van der Waals surface area contributed by atoms with Gasteiger partial charge < -0.3 is 9.64 Å². The number of halogens is 1. The number of hydrogen-bond acceptors (Lipinski definition) is 5. The van der Waals surface area contributed by atoms with Crippen molar-refractivity contribution < 1.29 is 27.1 Å². The lowest BCUT2D eigenvalue weighted by molar-refractivity contribution is -0.152. The van der Waals surface area contributed by atoms with Crippen LogP contribution >= 0.6 is 0 Å². The molecule has 1 aliphatic rings. The van der Waals surface area contributed by atoms with E-state index in [1.165, 1.54) is 27.4 Å². The summed E-state index contributed by atoms with van der Waals surface area (Å²) in [6.07, 6.45) is 0.872. The minimum atomic E-state index is -3.26. The van der Waals surface area contributed by atoms with Gasteiger partial charge in [0.05, 0.1) is 12.7 Å². The zero-order chi connectivity index (χ0) is 17.7. The van der Waals surface area contributed by atoms with E-state index in [1.807, 2.05) is 0 Å². The molecule has 1 fully saturated rings. The Morgan fingerprint density at radius 3 is 2.38 bits per heavy atom. The smallest absolute Gasteiger partial charge is 0.310 e. The fourth-order valence-corrected chi connectivity index (χ4v) is 3.18. The van der Waals surface area contributed by atoms with Gasteiger partial charge in [-0.15, -0.1) is 0 Å². The number of hydrogen-bond donors (Lipinski definition) is 0. The summed E-state index contributed by atoms with van der Waals surface area (Å²) in [4.78, 5) is 25.1. The maximum absolute atomic E-state index is 13.4. The Kier molecular flexibility index (Phi) is 5.89. The first-order chi connectivity index (χ1) is 11.3. The van der Waals surface area contributed by atoms with Gasteiger partial charge in [-0.3, -0.25) is 9.59 Å². The highest BCUT2D eigenvalue weighted by atomic mass is 32.2. The molecule has 0 unspecified atom stereocenters. The summed E-state index contributed by atoms with van der Waals surface area (Å²) in [5.41, 5.74) is 0.205. The second-order valence-corrected chi connectivity index (χ2v) is 7.45. The lowest BCUT2D eigenvalue weighted by Crippen LogP contribution is -2.51. The molecule has 1 aliphatic heterocycles. The summed E-state index contributed by atoms with van der Waals surface area (Å²) >= 11 is 0. The Bertz CT molecular complexity index is 714. The average molecular weight is 358 g/mol. The molecule has 1 heterocycles. The first-order valence-corrected chi connectivity index (χ1v) is 9.24. The van der Waals surface area contributed by atoms with Crippen LogP contribution in [0.4, 0.5) is 4.39 Å². The predicted molar refractivity (Wildman–Crippen MR) is 84.1 cm³/mol. The Morgan fingerprint density at radius 1 is 1.17 bits per heavy atom. The number of esters is 1. The van der Waals surface area contributed by atoms with Gasteiger partial charge in [0.15, 0.2) is 6.61 Å². The third-order valence-corrected chi connectivity index (χ3v) is 5.01. The van der Waals surface area contributed by atoms with Gasteiger partial charge in [0, 0.05) is 26.2 Å². The first-order valence-electron chi connectivity index (χ1n) is 7.39. The summed E-state index contributed by atoms with van der Waals surface area (Å²) < 4.78 is 42.4. The second-order valence-electron chi connectivity index (χ2n) is 5.47. The van der Waals surface area contributed by atoms with Crippen LogP contribution in [0.15, 0.2) is 24.3 Å². The standard InChI is InChI=1S/C15H19FN2O5S/c1-24(21,22)18-8-6-17(7-9-18)14(19)11-23-15(20)10-12-4-2-3-5-13(12)16/h2-5H,6-11H2,1H3. The minimum absolute atomic E-state index is 0.205. The van der Waals surface area contributed by atoms with Crippen molar-refractivity contribution in [2.24, 2.45) is 0 Å². The molecule has 0 saturated carbocycles. The largest absolute Gasteiger partial charge is 0.455 e. The first kappa shape index (κ1) is 18.3. The van der Waals surface area contributed by atoms with Gasteiger partial charge in [-0.05, 0) is 11.6 Å². The summed E-state index contributed by atoms with van der Waals surface area (Å²) in [6, 6.07) is 5.85. The SMILES string of the molecule is CS(=O)(=O)N1CCN(C(=O)COC(=O)Cc2ccccc2F)CC1. The van der Waals surface area contributed by atoms with E-state index in [2.05, 4.69) is 0 Å². The molecule has 1 aromatic carbocycles. The molecule has 2 rings (SSSR count). The van der Waals surface area contributed by atoms with Crippen LogP contribution in [0.25, 0.3) is 0 Å². The van der Waals surface area contributed by atoms with Gasteiger partial charge in [-0.2, -0.15) is 4.31 Å². The highest BCUT2D eigenvalue weighted by molar-refractivity contribution is 7.88. The summed E-state index contributed by atoms with van der Waals surface area (Å²) in [5, 5.41) is 0. The topological polar surface area (TPSA) is 84.0 Å². The van der Waals surface area contributed by atoms with Crippen LogP contribution < -0.4 is 0 Å². The van der Waals surface area contributed by atoms with Crippen LogP contribution in [0.1, 0.15) is 5.56 Å². The average Bonchev–Trinajstić information content (AvgIpc) is 2.54. The van der Waals surface area contributed by atoms with Crippen molar-refractivity contribution in [2.75, 3.05) is 39.0 Å². The number of amides is 1. The molecule has 0 spiro atoms. The van der Waals surface area contributed by atoms with Crippen molar-refractivity contribution in [3.05, 3.63) is 35.6 Å². The van der Waals surface area contributed by atoms with Crippen molar-refractivity contribution in [3.63, 3.8) is 0 Å². The molecule has 1 aromatic rings. The van der Waals surface area contributed by atoms with E-state index in [-0.39, 0.29) is 38.2 Å². The van der Waals surface area contributed by atoms with Crippen molar-refractivity contribution >= 4 is 21.9 Å². The van der Waals surface area contributed by atoms with E-state index >= 15 is 0 Å². The fraction of sp³-hybridized carbons (Fsp3) is 0.467. The number of benzene rings is 1. The van der Waals surface area contributed by atoms with Crippen LogP contribution in [-0.2, 0) is 30.8 Å². The number of nitrogens with zero attached hydrogens (tertiary/aromatic N) is 2. The molecular formula is C15H19FN2O5S. The number of piperazine rings is 1. The number of ether oxygens (including phenoxy) is 1. The molecular weight excluding hydrogens is 339 g/mol. The summed E-state index contributed by atoms with van der Waals surface area (Å²) in [5.74, 6) is -1.59. The van der Waals surface area contributed by atoms with E-state index in [0.29, 0.717) is 0 Å². The van der Waals surface area contributed by atoms with E-state index < -0.39 is 34.3 Å². The van der Waals surface area contributed by atoms with E-state index in [0.717, 1.165) is 6.26 Å². The van der Waals surface area contributed by atoms with Crippen molar-refractivity contribution in [2.45, 2.75) is 6.42 Å². The van der Waals surface area contributed by atoms with Gasteiger partial charge in [0.1, 0.15) is 5.82 Å². The van der Waals surface area contributed by atoms with E-state index in [4.69, 9.17) is 4.74 Å². The second kappa shape index (κ2) is 7.71. The molecule has 0 aromatic heterocycles. The Balaban J connectivity index is 1.77. The molecule has 1 amide bonds. The summed E-state index contributed by atoms with van der Waals surface area (Å²) in [6.45, 7) is 0.487. The van der Waals surface area contributed by atoms with Crippen molar-refractivity contribution in [1.82, 2.24) is 9.21 Å². The molecule has 0 radical (unpaired) electrons. The Labute approximate surface area is 140 Å². The monoisotopic (exact) mass is 358 g/mol. The van der Waals surface area contributed by atoms with Crippen LogP contribution in [0.2, 0.25) is 0 Å². The Morgan fingerprint density at radius 2 is 1.79 bits per heavy atom. The van der Waals surface area contributed by atoms with Gasteiger partial charge in [0.2, 0.25) is 10.0 Å². The lowest BCUT2D eigenvalue weighted by Gasteiger charge is -2.33. The quantitative estimate of drug-likeness (QED) is 0.693. The minimum Gasteiger partial charge on any atom is -0.455 e. The molecule has 0 aliphatic carbocycles. The van der Waals surface area contributed by atoms with E-state index in [9.17, 15) is 22.4 Å². The fourth-order valence-electron chi connectivity index (χ4n) is 2.35.